The zero-order chi connectivity index (χ0) is 21.1. The van der Waals surface area contributed by atoms with Crippen molar-refractivity contribution in [3.63, 3.8) is 0 Å². The topological polar surface area (TPSA) is 108 Å². The predicted molar refractivity (Wildman–Crippen MR) is 115 cm³/mol. The van der Waals surface area contributed by atoms with Gasteiger partial charge in [-0.1, -0.05) is 12.1 Å². The minimum Gasteiger partial charge on any atom is -0.353 e. The molecule has 3 aromatic rings. The van der Waals surface area contributed by atoms with Gasteiger partial charge in [0.25, 0.3) is 11.8 Å². The number of piperazine rings is 1. The van der Waals surface area contributed by atoms with Crippen LogP contribution in [0.4, 0.5) is 5.82 Å². The normalized spacial score (nSPS) is 14.7. The minimum absolute atomic E-state index is 0.205. The molecule has 2 aromatic heterocycles. The van der Waals surface area contributed by atoms with Gasteiger partial charge < -0.3 is 4.90 Å². The summed E-state index contributed by atoms with van der Waals surface area (Å²) in [6, 6.07) is 7.03. The van der Waals surface area contributed by atoms with Gasteiger partial charge in [-0.3, -0.25) is 30.0 Å². The fraction of sp³-hybridized carbons (Fsp3) is 0.316. The van der Waals surface area contributed by atoms with Gasteiger partial charge in [0.15, 0.2) is 5.65 Å². The number of nitrogens with one attached hydrogen (secondary N) is 2. The summed E-state index contributed by atoms with van der Waals surface area (Å²) in [5, 5.41) is 5.17. The summed E-state index contributed by atoms with van der Waals surface area (Å²) in [6.07, 6.45) is 3.32. The quantitative estimate of drug-likeness (QED) is 0.538. The molecular formula is C19H21BrN8O2. The lowest BCUT2D eigenvalue weighted by molar-refractivity contribution is -0.123. The SMILES string of the molecule is Cn1ncc2c(N3CCN(CC(=O)NNC(=O)c4ccccc4Br)CC3)ncnc21. The number of amides is 2. The molecule has 0 unspecified atom stereocenters. The Kier molecular flexibility index (Phi) is 5.91. The van der Waals surface area contributed by atoms with Crippen LogP contribution >= 0.6 is 15.9 Å². The maximum Gasteiger partial charge on any atom is 0.270 e. The van der Waals surface area contributed by atoms with Crippen molar-refractivity contribution in [3.8, 4) is 0 Å². The molecule has 0 aliphatic carbocycles. The van der Waals surface area contributed by atoms with Crippen LogP contribution < -0.4 is 15.8 Å². The summed E-state index contributed by atoms with van der Waals surface area (Å²) in [6.45, 7) is 3.08. The number of halogens is 1. The van der Waals surface area contributed by atoms with Gasteiger partial charge >= 0.3 is 0 Å². The highest BCUT2D eigenvalue weighted by Gasteiger charge is 2.22. The molecule has 0 radical (unpaired) electrons. The summed E-state index contributed by atoms with van der Waals surface area (Å²) in [7, 11) is 1.85. The highest BCUT2D eigenvalue weighted by atomic mass is 79.9. The molecule has 0 spiro atoms. The van der Waals surface area contributed by atoms with E-state index in [4.69, 9.17) is 0 Å². The number of hydrogen-bond donors (Lipinski definition) is 2. The van der Waals surface area contributed by atoms with Gasteiger partial charge in [0.2, 0.25) is 0 Å². The molecular weight excluding hydrogens is 452 g/mol. The van der Waals surface area contributed by atoms with Gasteiger partial charge in [-0.05, 0) is 28.1 Å². The van der Waals surface area contributed by atoms with Crippen molar-refractivity contribution in [2.24, 2.45) is 7.05 Å². The summed E-state index contributed by atoms with van der Waals surface area (Å²) in [4.78, 5) is 37.3. The van der Waals surface area contributed by atoms with E-state index >= 15 is 0 Å². The van der Waals surface area contributed by atoms with Crippen LogP contribution in [0.25, 0.3) is 11.0 Å². The first-order valence-corrected chi connectivity index (χ1v) is 10.3. The summed E-state index contributed by atoms with van der Waals surface area (Å²) < 4.78 is 2.39. The molecule has 10 nitrogen and oxygen atoms in total. The molecule has 2 N–H and O–H groups in total. The zero-order valence-corrected chi connectivity index (χ0v) is 18.0. The Hall–Kier alpha value is -3.05. The third kappa shape index (κ3) is 4.26. The zero-order valence-electron chi connectivity index (χ0n) is 16.4. The van der Waals surface area contributed by atoms with E-state index in [1.165, 1.54) is 0 Å². The van der Waals surface area contributed by atoms with E-state index in [1.54, 1.807) is 35.4 Å². The van der Waals surface area contributed by atoms with E-state index in [0.717, 1.165) is 29.9 Å². The average molecular weight is 473 g/mol. The Bertz CT molecular complexity index is 1080. The van der Waals surface area contributed by atoms with E-state index < -0.39 is 0 Å². The average Bonchev–Trinajstić information content (AvgIpc) is 3.14. The maximum atomic E-state index is 12.2. The van der Waals surface area contributed by atoms with Gasteiger partial charge in [0.05, 0.1) is 23.7 Å². The first-order chi connectivity index (χ1) is 14.5. The number of aryl methyl sites for hydroxylation is 1. The second kappa shape index (κ2) is 8.76. The van der Waals surface area contributed by atoms with Crippen LogP contribution in [0.15, 0.2) is 41.3 Å². The molecule has 1 fully saturated rings. The van der Waals surface area contributed by atoms with E-state index in [0.29, 0.717) is 23.1 Å². The third-order valence-electron chi connectivity index (χ3n) is 4.98. The molecule has 0 bridgehead atoms. The number of carbonyl (C=O) groups is 2. The van der Waals surface area contributed by atoms with Crippen LogP contribution in [0, 0.1) is 0 Å². The number of rotatable bonds is 4. The number of hydrazine groups is 1. The number of benzene rings is 1. The maximum absolute atomic E-state index is 12.2. The molecule has 4 rings (SSSR count). The van der Waals surface area contributed by atoms with E-state index in [-0.39, 0.29) is 18.4 Å². The summed E-state index contributed by atoms with van der Waals surface area (Å²) >= 11 is 3.32. The second-order valence-corrected chi connectivity index (χ2v) is 7.80. The Morgan fingerprint density at radius 3 is 2.63 bits per heavy atom. The first-order valence-electron chi connectivity index (χ1n) is 9.46. The molecule has 3 heterocycles. The van der Waals surface area contributed by atoms with Gasteiger partial charge in [-0.25, -0.2) is 9.97 Å². The monoisotopic (exact) mass is 472 g/mol. The lowest BCUT2D eigenvalue weighted by Crippen LogP contribution is -2.52. The Balaban J connectivity index is 1.28. The van der Waals surface area contributed by atoms with Crippen LogP contribution in [0.1, 0.15) is 10.4 Å². The number of aromatic nitrogens is 4. The van der Waals surface area contributed by atoms with Crippen LogP contribution in [-0.4, -0.2) is 69.2 Å². The number of hydrogen-bond acceptors (Lipinski definition) is 7. The molecule has 0 atom stereocenters. The number of fused-ring (bicyclic) bond motifs is 1. The van der Waals surface area contributed by atoms with E-state index in [1.807, 2.05) is 18.0 Å². The van der Waals surface area contributed by atoms with Crippen LogP contribution in [0.5, 0.6) is 0 Å². The van der Waals surface area contributed by atoms with Crippen molar-refractivity contribution in [1.29, 1.82) is 0 Å². The molecule has 0 saturated carbocycles. The highest BCUT2D eigenvalue weighted by molar-refractivity contribution is 9.10. The Labute approximate surface area is 181 Å². The lowest BCUT2D eigenvalue weighted by Gasteiger charge is -2.35. The fourth-order valence-electron chi connectivity index (χ4n) is 3.40. The fourth-order valence-corrected chi connectivity index (χ4v) is 3.87. The Morgan fingerprint density at radius 2 is 1.87 bits per heavy atom. The highest BCUT2D eigenvalue weighted by Crippen LogP contribution is 2.23. The second-order valence-electron chi connectivity index (χ2n) is 6.95. The van der Waals surface area contributed by atoms with Crippen LogP contribution in [0.3, 0.4) is 0 Å². The summed E-state index contributed by atoms with van der Waals surface area (Å²) in [5.74, 6) is 0.225. The van der Waals surface area contributed by atoms with Gasteiger partial charge in [-0.2, -0.15) is 5.10 Å². The first kappa shape index (κ1) is 20.2. The largest absolute Gasteiger partial charge is 0.353 e. The number of carbonyl (C=O) groups excluding carboxylic acids is 2. The van der Waals surface area contributed by atoms with Crippen molar-refractivity contribution >= 4 is 44.6 Å². The van der Waals surface area contributed by atoms with Gasteiger partial charge in [-0.15, -0.1) is 0 Å². The van der Waals surface area contributed by atoms with Crippen molar-refractivity contribution < 1.29 is 9.59 Å². The third-order valence-corrected chi connectivity index (χ3v) is 5.67. The predicted octanol–water partition coefficient (Wildman–Crippen LogP) is 0.709. The smallest absolute Gasteiger partial charge is 0.270 e. The van der Waals surface area contributed by atoms with Crippen molar-refractivity contribution in [2.75, 3.05) is 37.6 Å². The minimum atomic E-state index is -0.370. The lowest BCUT2D eigenvalue weighted by atomic mass is 10.2. The summed E-state index contributed by atoms with van der Waals surface area (Å²) in [5.41, 5.74) is 6.18. The molecule has 1 aliphatic heterocycles. The van der Waals surface area contributed by atoms with Gasteiger partial charge in [0.1, 0.15) is 12.1 Å². The van der Waals surface area contributed by atoms with Crippen LogP contribution in [0.2, 0.25) is 0 Å². The van der Waals surface area contributed by atoms with Crippen LogP contribution in [-0.2, 0) is 11.8 Å². The number of nitrogens with zero attached hydrogens (tertiary/aromatic N) is 6. The molecule has 1 aromatic carbocycles. The standard InChI is InChI=1S/C19H21BrN8O2/c1-26-17-14(10-23-26)18(22-12-21-17)28-8-6-27(7-9-28)11-16(29)24-25-19(30)13-4-2-3-5-15(13)20/h2-5,10,12H,6-9,11H2,1H3,(H,24,29)(H,25,30). The van der Waals surface area contributed by atoms with Crippen molar-refractivity contribution in [2.45, 2.75) is 0 Å². The molecule has 2 amide bonds. The molecule has 156 valence electrons. The molecule has 1 aliphatic rings. The molecule has 1 saturated heterocycles. The van der Waals surface area contributed by atoms with Crippen molar-refractivity contribution in [1.82, 2.24) is 35.5 Å². The van der Waals surface area contributed by atoms with E-state index in [2.05, 4.69) is 46.7 Å². The Morgan fingerprint density at radius 1 is 1.10 bits per heavy atom. The molecule has 11 heteroatoms. The van der Waals surface area contributed by atoms with Gasteiger partial charge in [0, 0.05) is 37.7 Å². The van der Waals surface area contributed by atoms with Crippen molar-refractivity contribution in [3.05, 3.63) is 46.8 Å². The van der Waals surface area contributed by atoms with E-state index in [9.17, 15) is 9.59 Å². The number of anilines is 1. The molecule has 30 heavy (non-hydrogen) atoms.